The number of esters is 1. The summed E-state index contributed by atoms with van der Waals surface area (Å²) in [5, 5.41) is 2.61. The highest BCUT2D eigenvalue weighted by Gasteiger charge is 2.10. The van der Waals surface area contributed by atoms with Crippen molar-refractivity contribution in [2.45, 2.75) is 25.7 Å². The van der Waals surface area contributed by atoms with Gasteiger partial charge in [0.25, 0.3) is 0 Å². The van der Waals surface area contributed by atoms with Gasteiger partial charge in [-0.15, -0.1) is 11.3 Å². The molecule has 2 N–H and O–H groups in total. The number of nitrogens with two attached hydrogens (primary N) is 1. The topological polar surface area (TPSA) is 95.2 Å². The van der Waals surface area contributed by atoms with Crippen LogP contribution in [0.3, 0.4) is 0 Å². The maximum atomic E-state index is 11.7. The Kier molecular flexibility index (Phi) is 6.02. The molecule has 1 amide bonds. The van der Waals surface area contributed by atoms with Crippen LogP contribution in [-0.4, -0.2) is 28.5 Å². The lowest BCUT2D eigenvalue weighted by molar-refractivity contribution is -0.143. The molecule has 0 saturated carbocycles. The van der Waals surface area contributed by atoms with Crippen molar-refractivity contribution >= 4 is 23.2 Å². The molecule has 0 saturated heterocycles. The zero-order valence-corrected chi connectivity index (χ0v) is 12.8. The molecule has 2 aromatic rings. The van der Waals surface area contributed by atoms with Gasteiger partial charge in [0.1, 0.15) is 5.01 Å². The van der Waals surface area contributed by atoms with Gasteiger partial charge < -0.3 is 10.5 Å². The summed E-state index contributed by atoms with van der Waals surface area (Å²) in [5.74, 6) is -0.659. The van der Waals surface area contributed by atoms with E-state index in [-0.39, 0.29) is 18.3 Å². The van der Waals surface area contributed by atoms with Crippen LogP contribution in [0.4, 0.5) is 0 Å². The number of nitrogens with zero attached hydrogens (tertiary/aromatic N) is 2. The molecule has 0 atom stereocenters. The summed E-state index contributed by atoms with van der Waals surface area (Å²) in [6.45, 7) is 0.295. The average molecular weight is 319 g/mol. The second-order valence-electron chi connectivity index (χ2n) is 4.68. The fourth-order valence-corrected chi connectivity index (χ4v) is 2.58. The van der Waals surface area contributed by atoms with Gasteiger partial charge in [-0.3, -0.25) is 14.6 Å². The first-order valence-corrected chi connectivity index (χ1v) is 7.83. The van der Waals surface area contributed by atoms with Crippen molar-refractivity contribution in [3.05, 3.63) is 35.5 Å². The summed E-state index contributed by atoms with van der Waals surface area (Å²) in [7, 11) is 0. The molecular weight excluding hydrogens is 302 g/mol. The summed E-state index contributed by atoms with van der Waals surface area (Å²) in [5.41, 5.74) is 6.49. The molecule has 0 aliphatic heterocycles. The molecule has 0 aliphatic carbocycles. The van der Waals surface area contributed by atoms with E-state index in [9.17, 15) is 9.59 Å². The van der Waals surface area contributed by atoms with Crippen LogP contribution in [0.5, 0.6) is 0 Å². The highest BCUT2D eigenvalue weighted by Crippen LogP contribution is 2.21. The number of ether oxygens (including phenoxy) is 1. The van der Waals surface area contributed by atoms with Crippen molar-refractivity contribution < 1.29 is 14.3 Å². The summed E-state index contributed by atoms with van der Waals surface area (Å²) in [6.07, 6.45) is 3.42. The van der Waals surface area contributed by atoms with Crippen LogP contribution in [0.15, 0.2) is 29.8 Å². The summed E-state index contributed by atoms with van der Waals surface area (Å²) in [6, 6.07) is 5.61. The van der Waals surface area contributed by atoms with Gasteiger partial charge in [-0.2, -0.15) is 0 Å². The van der Waals surface area contributed by atoms with Crippen LogP contribution >= 0.6 is 11.3 Å². The highest BCUT2D eigenvalue weighted by atomic mass is 32.1. The SMILES string of the molecule is NC(=O)CCCCOC(=O)Cc1csc(-c2ccccn2)n1. The van der Waals surface area contributed by atoms with Crippen LogP contribution < -0.4 is 5.73 Å². The van der Waals surface area contributed by atoms with E-state index < -0.39 is 0 Å². The second kappa shape index (κ2) is 8.23. The van der Waals surface area contributed by atoms with Crippen molar-refractivity contribution in [1.82, 2.24) is 9.97 Å². The molecular formula is C15H17N3O3S. The number of amides is 1. The van der Waals surface area contributed by atoms with Gasteiger partial charge in [0.05, 0.1) is 24.4 Å². The Morgan fingerprint density at radius 2 is 2.14 bits per heavy atom. The van der Waals surface area contributed by atoms with Gasteiger partial charge in [0.15, 0.2) is 0 Å². The molecule has 0 aliphatic rings. The number of carbonyl (C=O) groups excluding carboxylic acids is 2. The Hall–Kier alpha value is -2.28. The van der Waals surface area contributed by atoms with Crippen LogP contribution in [0.2, 0.25) is 0 Å². The van der Waals surface area contributed by atoms with E-state index in [4.69, 9.17) is 10.5 Å². The maximum Gasteiger partial charge on any atom is 0.311 e. The Bertz CT molecular complexity index is 628. The van der Waals surface area contributed by atoms with Crippen molar-refractivity contribution in [1.29, 1.82) is 0 Å². The number of hydrogen-bond donors (Lipinski definition) is 1. The number of carbonyl (C=O) groups is 2. The second-order valence-corrected chi connectivity index (χ2v) is 5.54. The predicted molar refractivity (Wildman–Crippen MR) is 83.1 cm³/mol. The standard InChI is InChI=1S/C15H17N3O3S/c16-13(19)6-2-4-8-21-14(20)9-11-10-22-15(18-11)12-5-1-3-7-17-12/h1,3,5,7,10H,2,4,6,8-9H2,(H2,16,19). The van der Waals surface area contributed by atoms with Crippen molar-refractivity contribution in [2.24, 2.45) is 5.73 Å². The van der Waals surface area contributed by atoms with E-state index in [0.717, 1.165) is 10.7 Å². The molecule has 0 radical (unpaired) electrons. The van der Waals surface area contributed by atoms with E-state index in [0.29, 0.717) is 31.6 Å². The zero-order chi connectivity index (χ0) is 15.8. The highest BCUT2D eigenvalue weighted by molar-refractivity contribution is 7.13. The normalized spacial score (nSPS) is 10.4. The summed E-state index contributed by atoms with van der Waals surface area (Å²) >= 11 is 1.45. The van der Waals surface area contributed by atoms with Gasteiger partial charge >= 0.3 is 5.97 Å². The molecule has 0 fully saturated rings. The van der Waals surface area contributed by atoms with Crippen LogP contribution in [0, 0.1) is 0 Å². The third-order valence-electron chi connectivity index (χ3n) is 2.84. The first-order chi connectivity index (χ1) is 10.6. The molecule has 2 aromatic heterocycles. The van der Waals surface area contributed by atoms with Crippen molar-refractivity contribution in [2.75, 3.05) is 6.61 Å². The predicted octanol–water partition coefficient (Wildman–Crippen LogP) is 1.95. The number of hydrogen-bond acceptors (Lipinski definition) is 6. The van der Waals surface area contributed by atoms with Gasteiger partial charge in [-0.25, -0.2) is 4.98 Å². The number of aromatic nitrogens is 2. The van der Waals surface area contributed by atoms with Crippen LogP contribution in [0.1, 0.15) is 25.0 Å². The first-order valence-electron chi connectivity index (χ1n) is 6.95. The monoisotopic (exact) mass is 319 g/mol. The number of primary amides is 1. The van der Waals surface area contributed by atoms with Gasteiger partial charge in [0, 0.05) is 18.0 Å². The fraction of sp³-hybridized carbons (Fsp3) is 0.333. The zero-order valence-electron chi connectivity index (χ0n) is 12.0. The molecule has 116 valence electrons. The molecule has 2 rings (SSSR count). The molecule has 2 heterocycles. The summed E-state index contributed by atoms with van der Waals surface area (Å²) in [4.78, 5) is 30.9. The van der Waals surface area contributed by atoms with E-state index in [1.165, 1.54) is 11.3 Å². The Morgan fingerprint density at radius 3 is 2.86 bits per heavy atom. The smallest absolute Gasteiger partial charge is 0.311 e. The molecule has 7 heteroatoms. The van der Waals surface area contributed by atoms with E-state index in [2.05, 4.69) is 9.97 Å². The lowest BCUT2D eigenvalue weighted by atomic mass is 10.2. The van der Waals surface area contributed by atoms with Crippen molar-refractivity contribution in [3.8, 4) is 10.7 Å². The fourth-order valence-electron chi connectivity index (χ4n) is 1.78. The molecule has 0 spiro atoms. The maximum absolute atomic E-state index is 11.7. The number of unbranched alkanes of at least 4 members (excludes halogenated alkanes) is 1. The molecule has 6 nitrogen and oxygen atoms in total. The largest absolute Gasteiger partial charge is 0.465 e. The van der Waals surface area contributed by atoms with Gasteiger partial charge in [-0.05, 0) is 25.0 Å². The Balaban J connectivity index is 1.76. The lowest BCUT2D eigenvalue weighted by Crippen LogP contribution is -2.12. The molecule has 0 bridgehead atoms. The minimum absolute atomic E-state index is 0.138. The average Bonchev–Trinajstić information content (AvgIpc) is 2.96. The van der Waals surface area contributed by atoms with Crippen LogP contribution in [-0.2, 0) is 20.7 Å². The third kappa shape index (κ3) is 5.25. The minimum Gasteiger partial charge on any atom is -0.465 e. The number of thiazole rings is 1. The summed E-state index contributed by atoms with van der Waals surface area (Å²) < 4.78 is 5.10. The van der Waals surface area contributed by atoms with Crippen molar-refractivity contribution in [3.63, 3.8) is 0 Å². The van der Waals surface area contributed by atoms with Gasteiger partial charge in [-0.1, -0.05) is 6.07 Å². The number of rotatable bonds is 8. The molecule has 0 unspecified atom stereocenters. The Labute approximate surface area is 132 Å². The first kappa shape index (κ1) is 16.1. The minimum atomic E-state index is -0.337. The van der Waals surface area contributed by atoms with Crippen LogP contribution in [0.25, 0.3) is 10.7 Å². The molecule has 22 heavy (non-hydrogen) atoms. The molecule has 0 aromatic carbocycles. The van der Waals surface area contributed by atoms with E-state index >= 15 is 0 Å². The van der Waals surface area contributed by atoms with Gasteiger partial charge in [0.2, 0.25) is 5.91 Å². The Morgan fingerprint density at radius 1 is 1.27 bits per heavy atom. The van der Waals surface area contributed by atoms with E-state index in [1.54, 1.807) is 6.20 Å². The number of pyridine rings is 1. The lowest BCUT2D eigenvalue weighted by Gasteiger charge is -2.02. The third-order valence-corrected chi connectivity index (χ3v) is 3.76. The quantitative estimate of drug-likeness (QED) is 0.592. The van der Waals surface area contributed by atoms with E-state index in [1.807, 2.05) is 23.6 Å².